The van der Waals surface area contributed by atoms with Crippen LogP contribution in [0, 0.1) is 0 Å². The zero-order chi connectivity index (χ0) is 11.1. The molecule has 0 aromatic rings. The highest BCUT2D eigenvalue weighted by atomic mass is 32.2. The zero-order valence-electron chi connectivity index (χ0n) is 10.5. The molecule has 0 radical (unpaired) electrons. The van der Waals surface area contributed by atoms with Crippen molar-refractivity contribution in [3.63, 3.8) is 0 Å². The van der Waals surface area contributed by atoms with E-state index in [4.69, 9.17) is 0 Å². The van der Waals surface area contributed by atoms with Gasteiger partial charge in [0.25, 0.3) is 0 Å². The zero-order valence-corrected chi connectivity index (χ0v) is 11.3. The first-order valence-electron chi connectivity index (χ1n) is 6.24. The van der Waals surface area contributed by atoms with E-state index in [1.54, 1.807) is 0 Å². The van der Waals surface area contributed by atoms with Gasteiger partial charge in [-0.05, 0) is 44.7 Å². The number of rotatable bonds is 7. The minimum Gasteiger partial charge on any atom is -0.313 e. The summed E-state index contributed by atoms with van der Waals surface area (Å²) in [4.78, 5) is 2.64. The highest BCUT2D eigenvalue weighted by molar-refractivity contribution is 7.98. The second-order valence-electron chi connectivity index (χ2n) is 4.57. The van der Waals surface area contributed by atoms with E-state index in [1.165, 1.54) is 44.6 Å². The molecule has 1 aliphatic heterocycles. The molecule has 1 aliphatic rings. The largest absolute Gasteiger partial charge is 0.313 e. The Morgan fingerprint density at radius 2 is 2.33 bits per heavy atom. The molecule has 1 N–H and O–H groups in total. The third-order valence-corrected chi connectivity index (χ3v) is 3.91. The molecule has 2 atom stereocenters. The highest BCUT2D eigenvalue weighted by Crippen LogP contribution is 2.15. The summed E-state index contributed by atoms with van der Waals surface area (Å²) in [7, 11) is 0. The average Bonchev–Trinajstić information content (AvgIpc) is 2.71. The van der Waals surface area contributed by atoms with E-state index in [-0.39, 0.29) is 0 Å². The quantitative estimate of drug-likeness (QED) is 0.722. The van der Waals surface area contributed by atoms with Crippen LogP contribution in [0.15, 0.2) is 0 Å². The second kappa shape index (κ2) is 7.53. The standard InChI is InChI=1S/C12H26N2S/c1-4-7-13-12-5-8-14(10-12)11(2)6-9-15-3/h11-13H,4-10H2,1-3H3. The van der Waals surface area contributed by atoms with Crippen LogP contribution in [0.4, 0.5) is 0 Å². The maximum Gasteiger partial charge on any atom is 0.0207 e. The van der Waals surface area contributed by atoms with Gasteiger partial charge in [-0.25, -0.2) is 0 Å². The monoisotopic (exact) mass is 230 g/mol. The van der Waals surface area contributed by atoms with E-state index >= 15 is 0 Å². The number of likely N-dealkylation sites (tertiary alicyclic amines) is 1. The topological polar surface area (TPSA) is 15.3 Å². The van der Waals surface area contributed by atoms with E-state index in [0.29, 0.717) is 0 Å². The molecule has 0 aliphatic carbocycles. The van der Waals surface area contributed by atoms with Gasteiger partial charge in [-0.3, -0.25) is 4.90 Å². The van der Waals surface area contributed by atoms with E-state index in [2.05, 4.69) is 30.3 Å². The Morgan fingerprint density at radius 1 is 1.53 bits per heavy atom. The summed E-state index contributed by atoms with van der Waals surface area (Å²) < 4.78 is 0. The lowest BCUT2D eigenvalue weighted by molar-refractivity contribution is 0.248. The normalized spacial score (nSPS) is 24.6. The van der Waals surface area contributed by atoms with Gasteiger partial charge in [0.05, 0.1) is 0 Å². The van der Waals surface area contributed by atoms with Crippen molar-refractivity contribution in [2.24, 2.45) is 0 Å². The summed E-state index contributed by atoms with van der Waals surface area (Å²) in [5, 5.41) is 3.63. The van der Waals surface area contributed by atoms with Crippen LogP contribution in [-0.2, 0) is 0 Å². The Bertz CT molecular complexity index is 164. The van der Waals surface area contributed by atoms with Crippen LogP contribution in [0.25, 0.3) is 0 Å². The molecule has 0 amide bonds. The summed E-state index contributed by atoms with van der Waals surface area (Å²) in [6, 6.07) is 1.52. The van der Waals surface area contributed by atoms with E-state index in [1.807, 2.05) is 11.8 Å². The lowest BCUT2D eigenvalue weighted by Gasteiger charge is -2.24. The number of hydrogen-bond acceptors (Lipinski definition) is 3. The van der Waals surface area contributed by atoms with E-state index < -0.39 is 0 Å². The van der Waals surface area contributed by atoms with Crippen molar-refractivity contribution >= 4 is 11.8 Å². The van der Waals surface area contributed by atoms with Crippen molar-refractivity contribution < 1.29 is 0 Å². The third kappa shape index (κ3) is 4.75. The molecular weight excluding hydrogens is 204 g/mol. The molecule has 0 spiro atoms. The first-order valence-corrected chi connectivity index (χ1v) is 7.63. The first-order chi connectivity index (χ1) is 7.27. The second-order valence-corrected chi connectivity index (χ2v) is 5.55. The maximum atomic E-state index is 3.63. The van der Waals surface area contributed by atoms with Crippen LogP contribution < -0.4 is 5.32 Å². The minimum absolute atomic E-state index is 0.752. The number of hydrogen-bond donors (Lipinski definition) is 1. The summed E-state index contributed by atoms with van der Waals surface area (Å²) >= 11 is 1.96. The van der Waals surface area contributed by atoms with Gasteiger partial charge in [0, 0.05) is 25.2 Å². The van der Waals surface area contributed by atoms with Crippen molar-refractivity contribution in [1.29, 1.82) is 0 Å². The fraction of sp³-hybridized carbons (Fsp3) is 1.00. The fourth-order valence-electron chi connectivity index (χ4n) is 2.17. The molecule has 0 saturated carbocycles. The molecule has 3 heteroatoms. The maximum absolute atomic E-state index is 3.63. The highest BCUT2D eigenvalue weighted by Gasteiger charge is 2.24. The molecule has 0 bridgehead atoms. The van der Waals surface area contributed by atoms with Gasteiger partial charge in [-0.1, -0.05) is 6.92 Å². The Balaban J connectivity index is 2.17. The van der Waals surface area contributed by atoms with E-state index in [9.17, 15) is 0 Å². The van der Waals surface area contributed by atoms with Crippen LogP contribution >= 0.6 is 11.8 Å². The van der Waals surface area contributed by atoms with Crippen LogP contribution in [0.3, 0.4) is 0 Å². The number of thioether (sulfide) groups is 1. The number of nitrogens with zero attached hydrogens (tertiary/aromatic N) is 1. The molecule has 15 heavy (non-hydrogen) atoms. The number of nitrogens with one attached hydrogen (secondary N) is 1. The molecule has 2 unspecified atom stereocenters. The molecule has 0 aromatic heterocycles. The lowest BCUT2D eigenvalue weighted by Crippen LogP contribution is -2.36. The summed E-state index contributed by atoms with van der Waals surface area (Å²) in [6.07, 6.45) is 6.12. The molecule has 1 heterocycles. The molecule has 0 aromatic carbocycles. The molecule has 1 saturated heterocycles. The van der Waals surface area contributed by atoms with Crippen molar-refractivity contribution in [3.8, 4) is 0 Å². The lowest BCUT2D eigenvalue weighted by atomic mass is 10.2. The van der Waals surface area contributed by atoms with E-state index in [0.717, 1.165) is 12.1 Å². The van der Waals surface area contributed by atoms with Crippen molar-refractivity contribution in [2.75, 3.05) is 31.6 Å². The smallest absolute Gasteiger partial charge is 0.0207 e. The van der Waals surface area contributed by atoms with Crippen LogP contribution in [0.1, 0.15) is 33.1 Å². The molecule has 1 rings (SSSR count). The molecule has 90 valence electrons. The average molecular weight is 230 g/mol. The predicted molar refractivity (Wildman–Crippen MR) is 70.7 cm³/mol. The third-order valence-electron chi connectivity index (χ3n) is 3.27. The van der Waals surface area contributed by atoms with Gasteiger partial charge in [0.15, 0.2) is 0 Å². The minimum atomic E-state index is 0.752. The first kappa shape index (κ1) is 13.3. The predicted octanol–water partition coefficient (Wildman–Crippen LogP) is 2.20. The van der Waals surface area contributed by atoms with Gasteiger partial charge in [0.1, 0.15) is 0 Å². The summed E-state index contributed by atoms with van der Waals surface area (Å²) in [6.45, 7) is 8.34. The van der Waals surface area contributed by atoms with Crippen molar-refractivity contribution in [1.82, 2.24) is 10.2 Å². The summed E-state index contributed by atoms with van der Waals surface area (Å²) in [5.74, 6) is 1.30. The Kier molecular flexibility index (Phi) is 6.69. The Morgan fingerprint density at radius 3 is 3.00 bits per heavy atom. The van der Waals surface area contributed by atoms with Gasteiger partial charge in [0.2, 0.25) is 0 Å². The Hall–Kier alpha value is 0.270. The summed E-state index contributed by atoms with van der Waals surface area (Å²) in [5.41, 5.74) is 0. The van der Waals surface area contributed by atoms with Crippen LogP contribution in [-0.4, -0.2) is 48.6 Å². The van der Waals surface area contributed by atoms with Crippen LogP contribution in [0.5, 0.6) is 0 Å². The Labute approximate surface area is 99.2 Å². The van der Waals surface area contributed by atoms with Gasteiger partial charge in [-0.15, -0.1) is 0 Å². The van der Waals surface area contributed by atoms with Gasteiger partial charge in [-0.2, -0.15) is 11.8 Å². The van der Waals surface area contributed by atoms with Gasteiger partial charge >= 0.3 is 0 Å². The van der Waals surface area contributed by atoms with Crippen LogP contribution in [0.2, 0.25) is 0 Å². The van der Waals surface area contributed by atoms with Gasteiger partial charge < -0.3 is 5.32 Å². The van der Waals surface area contributed by atoms with Crippen molar-refractivity contribution in [3.05, 3.63) is 0 Å². The SMILES string of the molecule is CCCNC1CCN(C(C)CCSC)C1. The molecular formula is C12H26N2S. The molecule has 2 nitrogen and oxygen atoms in total. The van der Waals surface area contributed by atoms with Crippen molar-refractivity contribution in [2.45, 2.75) is 45.2 Å². The molecule has 1 fully saturated rings. The fourth-order valence-corrected chi connectivity index (χ4v) is 2.75.